The van der Waals surface area contributed by atoms with Crippen molar-refractivity contribution in [2.24, 2.45) is 5.84 Å². The summed E-state index contributed by atoms with van der Waals surface area (Å²) in [6.07, 6.45) is 0.694. The van der Waals surface area contributed by atoms with Crippen molar-refractivity contribution in [2.45, 2.75) is 17.4 Å². The standard InChI is InChI=1S/C15H15BrClFN2S/c16-11-2-4-13(5-3-11)21-9-12(20-19)7-10-1-6-15(18)14(17)8-10/h1-6,8,12,20H,7,9,19H2. The van der Waals surface area contributed by atoms with Crippen LogP contribution in [0.25, 0.3) is 0 Å². The minimum absolute atomic E-state index is 0.0835. The summed E-state index contributed by atoms with van der Waals surface area (Å²) in [5.41, 5.74) is 3.76. The summed E-state index contributed by atoms with van der Waals surface area (Å²) in [7, 11) is 0. The Morgan fingerprint density at radius 1 is 1.24 bits per heavy atom. The first kappa shape index (κ1) is 16.8. The number of hydrogen-bond donors (Lipinski definition) is 2. The van der Waals surface area contributed by atoms with E-state index in [4.69, 9.17) is 17.4 Å². The number of thioether (sulfide) groups is 1. The van der Waals surface area contributed by atoms with Gasteiger partial charge in [0.1, 0.15) is 5.82 Å². The number of nitrogens with two attached hydrogens (primary N) is 1. The lowest BCUT2D eigenvalue weighted by Gasteiger charge is -2.16. The van der Waals surface area contributed by atoms with Crippen LogP contribution in [-0.2, 0) is 6.42 Å². The lowest BCUT2D eigenvalue weighted by Crippen LogP contribution is -2.38. The van der Waals surface area contributed by atoms with E-state index < -0.39 is 5.82 Å². The van der Waals surface area contributed by atoms with Crippen LogP contribution in [0.1, 0.15) is 5.56 Å². The minimum Gasteiger partial charge on any atom is -0.271 e. The second-order valence-corrected chi connectivity index (χ2v) is 7.00. The first-order valence-corrected chi connectivity index (χ1v) is 8.52. The molecule has 6 heteroatoms. The molecule has 1 unspecified atom stereocenters. The fourth-order valence-electron chi connectivity index (χ4n) is 1.84. The summed E-state index contributed by atoms with van der Waals surface area (Å²) in [6, 6.07) is 13.0. The third-order valence-corrected chi connectivity index (χ3v) is 4.96. The topological polar surface area (TPSA) is 38.0 Å². The quantitative estimate of drug-likeness (QED) is 0.437. The van der Waals surface area contributed by atoms with Crippen LogP contribution in [0, 0.1) is 5.82 Å². The summed E-state index contributed by atoms with van der Waals surface area (Å²) >= 11 is 10.9. The van der Waals surface area contributed by atoms with Crippen LogP contribution >= 0.6 is 39.3 Å². The predicted molar refractivity (Wildman–Crippen MR) is 91.1 cm³/mol. The molecule has 0 bridgehead atoms. The van der Waals surface area contributed by atoms with Gasteiger partial charge in [-0.25, -0.2) is 4.39 Å². The minimum atomic E-state index is -0.401. The summed E-state index contributed by atoms with van der Waals surface area (Å²) in [4.78, 5) is 1.18. The van der Waals surface area contributed by atoms with Gasteiger partial charge < -0.3 is 0 Å². The van der Waals surface area contributed by atoms with Gasteiger partial charge in [-0.2, -0.15) is 0 Å². The van der Waals surface area contributed by atoms with E-state index in [-0.39, 0.29) is 11.1 Å². The Morgan fingerprint density at radius 2 is 1.95 bits per heavy atom. The first-order chi connectivity index (χ1) is 10.1. The van der Waals surface area contributed by atoms with Crippen molar-refractivity contribution < 1.29 is 4.39 Å². The molecule has 2 rings (SSSR count). The monoisotopic (exact) mass is 388 g/mol. The third kappa shape index (κ3) is 5.27. The van der Waals surface area contributed by atoms with E-state index in [1.807, 2.05) is 12.1 Å². The smallest absolute Gasteiger partial charge is 0.141 e. The highest BCUT2D eigenvalue weighted by molar-refractivity contribution is 9.10. The molecule has 21 heavy (non-hydrogen) atoms. The van der Waals surface area contributed by atoms with Crippen LogP contribution in [0.2, 0.25) is 5.02 Å². The highest BCUT2D eigenvalue weighted by atomic mass is 79.9. The summed E-state index contributed by atoms with van der Waals surface area (Å²) in [5, 5.41) is 0.142. The molecule has 0 saturated heterocycles. The highest BCUT2D eigenvalue weighted by Gasteiger charge is 2.10. The first-order valence-electron chi connectivity index (χ1n) is 6.37. The van der Waals surface area contributed by atoms with Crippen molar-refractivity contribution in [2.75, 3.05) is 5.75 Å². The molecule has 0 amide bonds. The largest absolute Gasteiger partial charge is 0.271 e. The Morgan fingerprint density at radius 3 is 2.57 bits per heavy atom. The van der Waals surface area contributed by atoms with E-state index in [0.717, 1.165) is 15.8 Å². The van der Waals surface area contributed by atoms with E-state index in [9.17, 15) is 4.39 Å². The Labute approximate surface area is 141 Å². The molecule has 0 aliphatic rings. The van der Waals surface area contributed by atoms with Gasteiger partial charge in [0.2, 0.25) is 0 Å². The molecule has 0 heterocycles. The maximum atomic E-state index is 13.1. The average molecular weight is 390 g/mol. The molecular weight excluding hydrogens is 375 g/mol. The Balaban J connectivity index is 1.93. The van der Waals surface area contributed by atoms with E-state index in [1.54, 1.807) is 23.9 Å². The molecule has 2 aromatic rings. The van der Waals surface area contributed by atoms with Crippen LogP contribution in [0.4, 0.5) is 4.39 Å². The number of rotatable bonds is 6. The van der Waals surface area contributed by atoms with Crippen molar-refractivity contribution in [3.05, 3.63) is 63.3 Å². The fraction of sp³-hybridized carbons (Fsp3) is 0.200. The number of benzene rings is 2. The molecule has 0 saturated carbocycles. The number of hydrogen-bond acceptors (Lipinski definition) is 3. The zero-order chi connectivity index (χ0) is 15.2. The van der Waals surface area contributed by atoms with Gasteiger partial charge in [0, 0.05) is 21.2 Å². The molecule has 0 fully saturated rings. The fourth-order valence-corrected chi connectivity index (χ4v) is 3.25. The van der Waals surface area contributed by atoms with Gasteiger partial charge in [0.15, 0.2) is 0 Å². The summed E-state index contributed by atoms with van der Waals surface area (Å²) in [5.74, 6) is 6.01. The summed E-state index contributed by atoms with van der Waals surface area (Å²) < 4.78 is 14.2. The Hall–Kier alpha value is -0.590. The second-order valence-electron chi connectivity index (χ2n) is 4.58. The van der Waals surface area contributed by atoms with Crippen LogP contribution in [0.3, 0.4) is 0 Å². The molecule has 2 aromatic carbocycles. The van der Waals surface area contributed by atoms with Crippen molar-refractivity contribution in [1.29, 1.82) is 0 Å². The van der Waals surface area contributed by atoms with Crippen LogP contribution in [0.5, 0.6) is 0 Å². The molecule has 1 atom stereocenters. The SMILES string of the molecule is NNC(CSc1ccc(Br)cc1)Cc1ccc(F)c(Cl)c1. The van der Waals surface area contributed by atoms with Gasteiger partial charge >= 0.3 is 0 Å². The van der Waals surface area contributed by atoms with Crippen LogP contribution in [0.15, 0.2) is 51.8 Å². The molecule has 112 valence electrons. The van der Waals surface area contributed by atoms with Gasteiger partial charge in [-0.1, -0.05) is 33.6 Å². The molecule has 0 aliphatic carbocycles. The maximum absolute atomic E-state index is 13.1. The van der Waals surface area contributed by atoms with E-state index in [0.29, 0.717) is 6.42 Å². The van der Waals surface area contributed by atoms with E-state index in [2.05, 4.69) is 33.5 Å². The average Bonchev–Trinajstić information content (AvgIpc) is 2.49. The van der Waals surface area contributed by atoms with Crippen molar-refractivity contribution in [3.8, 4) is 0 Å². The molecule has 3 N–H and O–H groups in total. The zero-order valence-electron chi connectivity index (χ0n) is 11.2. The van der Waals surface area contributed by atoms with Crippen molar-refractivity contribution >= 4 is 39.3 Å². The number of halogens is 3. The van der Waals surface area contributed by atoms with Gasteiger partial charge in [0.25, 0.3) is 0 Å². The lowest BCUT2D eigenvalue weighted by molar-refractivity contribution is 0.573. The Kier molecular flexibility index (Phi) is 6.51. The molecule has 2 nitrogen and oxygen atoms in total. The van der Waals surface area contributed by atoms with Gasteiger partial charge in [0.05, 0.1) is 5.02 Å². The third-order valence-electron chi connectivity index (χ3n) is 2.97. The van der Waals surface area contributed by atoms with Gasteiger partial charge in [-0.3, -0.25) is 11.3 Å². The number of nitrogens with one attached hydrogen (secondary N) is 1. The Bertz CT molecular complexity index is 595. The highest BCUT2D eigenvalue weighted by Crippen LogP contribution is 2.23. The molecule has 0 spiro atoms. The zero-order valence-corrected chi connectivity index (χ0v) is 14.3. The molecule has 0 aliphatic heterocycles. The molecule has 0 aromatic heterocycles. The predicted octanol–water partition coefficient (Wildman–Crippen LogP) is 4.41. The molecular formula is C15H15BrClFN2S. The normalized spacial score (nSPS) is 12.4. The van der Waals surface area contributed by atoms with Gasteiger partial charge in [-0.05, 0) is 48.4 Å². The summed E-state index contributed by atoms with van der Waals surface area (Å²) in [6.45, 7) is 0. The van der Waals surface area contributed by atoms with Crippen molar-refractivity contribution in [1.82, 2.24) is 5.43 Å². The second kappa shape index (κ2) is 8.15. The van der Waals surface area contributed by atoms with Gasteiger partial charge in [-0.15, -0.1) is 11.8 Å². The van der Waals surface area contributed by atoms with Crippen molar-refractivity contribution in [3.63, 3.8) is 0 Å². The number of hydrazine groups is 1. The van der Waals surface area contributed by atoms with Crippen LogP contribution < -0.4 is 11.3 Å². The van der Waals surface area contributed by atoms with E-state index >= 15 is 0 Å². The van der Waals surface area contributed by atoms with E-state index in [1.165, 1.54) is 11.0 Å². The lowest BCUT2D eigenvalue weighted by atomic mass is 10.1. The molecule has 0 radical (unpaired) electrons. The maximum Gasteiger partial charge on any atom is 0.141 e. The van der Waals surface area contributed by atoms with Crippen LogP contribution in [-0.4, -0.2) is 11.8 Å².